The number of aryl methyl sites for hydroxylation is 1. The fourth-order valence-corrected chi connectivity index (χ4v) is 4.06. The van der Waals surface area contributed by atoms with Gasteiger partial charge in [-0.2, -0.15) is 10.2 Å². The van der Waals surface area contributed by atoms with E-state index in [1.807, 2.05) is 31.3 Å². The van der Waals surface area contributed by atoms with Crippen molar-refractivity contribution >= 4 is 34.3 Å². The van der Waals surface area contributed by atoms with Gasteiger partial charge < -0.3 is 24.8 Å². The van der Waals surface area contributed by atoms with Crippen molar-refractivity contribution in [2.24, 2.45) is 7.05 Å². The summed E-state index contributed by atoms with van der Waals surface area (Å²) in [5.41, 5.74) is 2.14. The van der Waals surface area contributed by atoms with Crippen molar-refractivity contribution in [2.45, 2.75) is 18.9 Å². The van der Waals surface area contributed by atoms with E-state index in [9.17, 15) is 4.79 Å². The van der Waals surface area contributed by atoms with E-state index in [4.69, 9.17) is 10.00 Å². The molecule has 1 saturated heterocycles. The van der Waals surface area contributed by atoms with Gasteiger partial charge in [-0.3, -0.25) is 4.79 Å². The monoisotopic (exact) mass is 431 g/mol. The number of piperidine rings is 1. The molecule has 2 N–H and O–H groups in total. The lowest BCUT2D eigenvalue weighted by Crippen LogP contribution is -2.43. The predicted molar refractivity (Wildman–Crippen MR) is 124 cm³/mol. The van der Waals surface area contributed by atoms with Crippen LogP contribution in [0.25, 0.3) is 10.9 Å². The first-order valence-electron chi connectivity index (χ1n) is 10.4. The number of rotatable bonds is 6. The number of hydrogen-bond acceptors (Lipinski definition) is 7. The van der Waals surface area contributed by atoms with Gasteiger partial charge in [-0.15, -0.1) is 0 Å². The molecule has 32 heavy (non-hydrogen) atoms. The Morgan fingerprint density at radius 3 is 3.00 bits per heavy atom. The van der Waals surface area contributed by atoms with E-state index in [1.165, 1.54) is 19.4 Å². The molecule has 0 aliphatic carbocycles. The van der Waals surface area contributed by atoms with Crippen LogP contribution in [0.15, 0.2) is 43.1 Å². The maximum Gasteiger partial charge on any atom is 0.247 e. The van der Waals surface area contributed by atoms with E-state index in [0.29, 0.717) is 11.5 Å². The molecule has 1 amide bonds. The van der Waals surface area contributed by atoms with Gasteiger partial charge in [0.05, 0.1) is 13.3 Å². The van der Waals surface area contributed by atoms with Crippen LogP contribution >= 0.6 is 0 Å². The van der Waals surface area contributed by atoms with Gasteiger partial charge in [-0.05, 0) is 43.2 Å². The fourth-order valence-electron chi connectivity index (χ4n) is 4.06. The van der Waals surface area contributed by atoms with Gasteiger partial charge in [-0.1, -0.05) is 6.58 Å². The molecule has 1 unspecified atom stereocenters. The number of benzene rings is 1. The topological polar surface area (TPSA) is 108 Å². The van der Waals surface area contributed by atoms with Crippen molar-refractivity contribution in [2.75, 3.05) is 35.7 Å². The number of fused-ring (bicyclic) bond motifs is 1. The first-order chi connectivity index (χ1) is 15.5. The summed E-state index contributed by atoms with van der Waals surface area (Å²) in [4.78, 5) is 22.5. The van der Waals surface area contributed by atoms with E-state index < -0.39 is 0 Å². The molecule has 0 saturated carbocycles. The Hall–Kier alpha value is -4.06. The summed E-state index contributed by atoms with van der Waals surface area (Å²) < 4.78 is 7.35. The van der Waals surface area contributed by atoms with Crippen LogP contribution < -0.4 is 20.3 Å². The minimum absolute atomic E-state index is 0.154. The third-order valence-electron chi connectivity index (χ3n) is 5.62. The summed E-state index contributed by atoms with van der Waals surface area (Å²) >= 11 is 0. The number of hydrogen-bond donors (Lipinski definition) is 2. The second-order valence-electron chi connectivity index (χ2n) is 7.69. The Kier molecular flexibility index (Phi) is 5.94. The van der Waals surface area contributed by atoms with Crippen molar-refractivity contribution in [3.63, 3.8) is 0 Å². The van der Waals surface area contributed by atoms with Gasteiger partial charge in [-0.25, -0.2) is 4.98 Å². The Labute approximate surface area is 186 Å². The van der Waals surface area contributed by atoms with Gasteiger partial charge in [0.15, 0.2) is 0 Å². The standard InChI is InChI=1S/C23H25N7O2/c1-4-20(31)26-17-7-8-19-15(10-17)11-21(29(19)2)30-9-5-6-18(14-30)27-23-25-13-16(12-24)22(28-23)32-3/h4,7-8,10-11,13,18H,1,5-6,9,14H2,2-3H3,(H,26,31)(H,25,27,28). The van der Waals surface area contributed by atoms with Crippen molar-refractivity contribution in [1.29, 1.82) is 5.26 Å². The van der Waals surface area contributed by atoms with Crippen LogP contribution in [0.4, 0.5) is 17.5 Å². The summed E-state index contributed by atoms with van der Waals surface area (Å²) in [6, 6.07) is 10.2. The lowest BCUT2D eigenvalue weighted by molar-refractivity contribution is -0.111. The van der Waals surface area contributed by atoms with E-state index in [-0.39, 0.29) is 17.8 Å². The summed E-state index contributed by atoms with van der Waals surface area (Å²) in [5.74, 6) is 1.60. The van der Waals surface area contributed by atoms with E-state index >= 15 is 0 Å². The van der Waals surface area contributed by atoms with Crippen LogP contribution in [0.5, 0.6) is 5.88 Å². The quantitative estimate of drug-likeness (QED) is 0.578. The van der Waals surface area contributed by atoms with Crippen molar-refractivity contribution in [3.8, 4) is 11.9 Å². The molecule has 1 aliphatic heterocycles. The number of ether oxygens (including phenoxy) is 1. The zero-order valence-corrected chi connectivity index (χ0v) is 18.1. The highest BCUT2D eigenvalue weighted by atomic mass is 16.5. The van der Waals surface area contributed by atoms with Crippen LogP contribution in [0, 0.1) is 11.3 Å². The summed E-state index contributed by atoms with van der Waals surface area (Å²) in [6.07, 6.45) is 4.74. The molecule has 2 aromatic heterocycles. The molecule has 1 atom stereocenters. The van der Waals surface area contributed by atoms with E-state index in [2.05, 4.69) is 42.7 Å². The third kappa shape index (κ3) is 4.21. The zero-order chi connectivity index (χ0) is 22.7. The lowest BCUT2D eigenvalue weighted by Gasteiger charge is -2.34. The number of nitriles is 1. The molecular weight excluding hydrogens is 406 g/mol. The molecule has 0 bridgehead atoms. The second-order valence-corrected chi connectivity index (χ2v) is 7.69. The van der Waals surface area contributed by atoms with Crippen LogP contribution in [0.1, 0.15) is 18.4 Å². The lowest BCUT2D eigenvalue weighted by atomic mass is 10.1. The molecule has 0 spiro atoms. The molecular formula is C23H25N7O2. The minimum atomic E-state index is -0.230. The normalized spacial score (nSPS) is 15.8. The van der Waals surface area contributed by atoms with E-state index in [0.717, 1.165) is 48.3 Å². The van der Waals surface area contributed by atoms with Gasteiger partial charge in [0.25, 0.3) is 0 Å². The van der Waals surface area contributed by atoms with Gasteiger partial charge in [0, 0.05) is 42.8 Å². The highest BCUT2D eigenvalue weighted by Crippen LogP contribution is 2.30. The van der Waals surface area contributed by atoms with Crippen LogP contribution in [0.3, 0.4) is 0 Å². The number of carbonyl (C=O) groups excluding carboxylic acids is 1. The minimum Gasteiger partial charge on any atom is -0.480 e. The second kappa shape index (κ2) is 8.98. The molecule has 1 aromatic carbocycles. The number of aromatic nitrogens is 3. The first-order valence-corrected chi connectivity index (χ1v) is 10.4. The predicted octanol–water partition coefficient (Wildman–Crippen LogP) is 3.05. The SMILES string of the molecule is C=CC(=O)Nc1ccc2c(c1)cc(N1CCCC(Nc3ncc(C#N)c(OC)n3)C1)n2C. The molecule has 1 fully saturated rings. The molecule has 9 heteroatoms. The number of methoxy groups -OCH3 is 1. The van der Waals surface area contributed by atoms with Gasteiger partial charge in [0.2, 0.25) is 17.7 Å². The summed E-state index contributed by atoms with van der Waals surface area (Å²) in [7, 11) is 3.54. The van der Waals surface area contributed by atoms with E-state index in [1.54, 1.807) is 0 Å². The summed E-state index contributed by atoms with van der Waals surface area (Å²) in [6.45, 7) is 5.23. The third-order valence-corrected chi connectivity index (χ3v) is 5.62. The van der Waals surface area contributed by atoms with Gasteiger partial charge in [0.1, 0.15) is 17.5 Å². The number of amides is 1. The maximum absolute atomic E-state index is 11.6. The molecule has 9 nitrogen and oxygen atoms in total. The zero-order valence-electron chi connectivity index (χ0n) is 18.1. The number of nitrogens with zero attached hydrogens (tertiary/aromatic N) is 5. The van der Waals surface area contributed by atoms with Crippen molar-refractivity contribution in [3.05, 3.63) is 48.7 Å². The molecule has 4 rings (SSSR count). The number of anilines is 3. The first kappa shape index (κ1) is 21.2. The summed E-state index contributed by atoms with van der Waals surface area (Å²) in [5, 5.41) is 16.4. The molecule has 1 aliphatic rings. The smallest absolute Gasteiger partial charge is 0.247 e. The van der Waals surface area contributed by atoms with Crippen LogP contribution in [-0.4, -0.2) is 46.7 Å². The Bertz CT molecular complexity index is 1210. The molecule has 0 radical (unpaired) electrons. The Morgan fingerprint density at radius 1 is 1.41 bits per heavy atom. The number of nitrogens with one attached hydrogen (secondary N) is 2. The van der Waals surface area contributed by atoms with Crippen molar-refractivity contribution < 1.29 is 9.53 Å². The van der Waals surface area contributed by atoms with Crippen LogP contribution in [0.2, 0.25) is 0 Å². The Balaban J connectivity index is 1.53. The van der Waals surface area contributed by atoms with Crippen LogP contribution in [-0.2, 0) is 11.8 Å². The van der Waals surface area contributed by atoms with Gasteiger partial charge >= 0.3 is 0 Å². The Morgan fingerprint density at radius 2 is 2.25 bits per heavy atom. The maximum atomic E-state index is 11.6. The highest BCUT2D eigenvalue weighted by molar-refractivity contribution is 6.00. The molecule has 164 valence electrons. The van der Waals surface area contributed by atoms with Crippen molar-refractivity contribution in [1.82, 2.24) is 14.5 Å². The average Bonchev–Trinajstić information content (AvgIpc) is 3.14. The molecule has 3 aromatic rings. The average molecular weight is 432 g/mol. The molecule has 3 heterocycles. The fraction of sp³-hybridized carbons (Fsp3) is 0.304. The largest absolute Gasteiger partial charge is 0.480 e. The highest BCUT2D eigenvalue weighted by Gasteiger charge is 2.23. The number of carbonyl (C=O) groups is 1.